The summed E-state index contributed by atoms with van der Waals surface area (Å²) in [5, 5.41) is 11.9. The summed E-state index contributed by atoms with van der Waals surface area (Å²) in [4.78, 5) is 17.5. The number of hydrogen-bond donors (Lipinski definition) is 2. The van der Waals surface area contributed by atoms with Crippen LogP contribution in [0.4, 0.5) is 5.69 Å². The first-order chi connectivity index (χ1) is 12.8. The molecule has 26 heavy (non-hydrogen) atoms. The number of rotatable bonds is 5. The summed E-state index contributed by atoms with van der Waals surface area (Å²) >= 11 is 1.60. The molecule has 1 amide bonds. The lowest BCUT2D eigenvalue weighted by atomic mass is 10.1. The molecule has 0 fully saturated rings. The van der Waals surface area contributed by atoms with E-state index in [4.69, 9.17) is 0 Å². The molecule has 0 aliphatic carbocycles. The number of carbonyl (C=O) groups excluding carboxylic acids is 1. The van der Waals surface area contributed by atoms with E-state index in [2.05, 4.69) is 20.5 Å². The van der Waals surface area contributed by atoms with Crippen molar-refractivity contribution in [3.63, 3.8) is 0 Å². The molecule has 0 atom stereocenters. The minimum absolute atomic E-state index is 0.231. The van der Waals surface area contributed by atoms with Crippen LogP contribution in [0.1, 0.15) is 21.6 Å². The third kappa shape index (κ3) is 3.70. The Morgan fingerprint density at radius 2 is 1.81 bits per heavy atom. The summed E-state index contributed by atoms with van der Waals surface area (Å²) in [7, 11) is 0. The number of H-pyrrole nitrogens is 1. The second kappa shape index (κ2) is 7.33. The van der Waals surface area contributed by atoms with Gasteiger partial charge in [0.1, 0.15) is 0 Å². The molecular formula is C20H16N4OS. The monoisotopic (exact) mass is 360 g/mol. The maximum atomic E-state index is 12.4. The number of anilines is 1. The van der Waals surface area contributed by atoms with Crippen LogP contribution in [0.15, 0.2) is 72.4 Å². The lowest BCUT2D eigenvalue weighted by Gasteiger charge is -2.05. The highest BCUT2D eigenvalue weighted by Crippen LogP contribution is 2.23. The van der Waals surface area contributed by atoms with Gasteiger partial charge in [0.25, 0.3) is 5.91 Å². The summed E-state index contributed by atoms with van der Waals surface area (Å²) in [6, 6.07) is 17.5. The Morgan fingerprint density at radius 1 is 1.04 bits per heavy atom. The van der Waals surface area contributed by atoms with Gasteiger partial charge in [-0.15, -0.1) is 11.3 Å². The van der Waals surface area contributed by atoms with Crippen LogP contribution in [0.25, 0.3) is 10.6 Å². The molecule has 3 heterocycles. The number of amides is 1. The van der Waals surface area contributed by atoms with E-state index in [1.807, 2.05) is 53.9 Å². The molecule has 0 saturated carbocycles. The highest BCUT2D eigenvalue weighted by molar-refractivity contribution is 7.13. The number of pyridine rings is 1. The van der Waals surface area contributed by atoms with Crippen molar-refractivity contribution in [2.24, 2.45) is 0 Å². The van der Waals surface area contributed by atoms with Gasteiger partial charge < -0.3 is 5.32 Å². The molecule has 4 rings (SSSR count). The zero-order valence-corrected chi connectivity index (χ0v) is 14.7. The Labute approximate surface area is 154 Å². The van der Waals surface area contributed by atoms with Crippen molar-refractivity contribution in [1.82, 2.24) is 15.2 Å². The molecule has 1 aromatic carbocycles. The third-order valence-corrected chi connectivity index (χ3v) is 4.87. The Kier molecular flexibility index (Phi) is 4.57. The number of carbonyl (C=O) groups is 1. The van der Waals surface area contributed by atoms with Gasteiger partial charge in [-0.25, -0.2) is 0 Å². The minimum Gasteiger partial charge on any atom is -0.321 e. The molecule has 3 aromatic heterocycles. The number of nitrogens with zero attached hydrogens (tertiary/aromatic N) is 2. The maximum absolute atomic E-state index is 12.4. The first kappa shape index (κ1) is 16.2. The van der Waals surface area contributed by atoms with Crippen LogP contribution < -0.4 is 5.32 Å². The predicted octanol–water partition coefficient (Wildman–Crippen LogP) is 4.38. The fourth-order valence-corrected chi connectivity index (χ4v) is 3.33. The quantitative estimate of drug-likeness (QED) is 0.555. The molecule has 0 saturated heterocycles. The van der Waals surface area contributed by atoms with Crippen molar-refractivity contribution in [3.8, 4) is 10.6 Å². The van der Waals surface area contributed by atoms with E-state index in [9.17, 15) is 4.79 Å². The summed E-state index contributed by atoms with van der Waals surface area (Å²) in [6.45, 7) is 0. The van der Waals surface area contributed by atoms with E-state index in [1.54, 1.807) is 29.8 Å². The number of benzene rings is 1. The maximum Gasteiger partial charge on any atom is 0.276 e. The normalized spacial score (nSPS) is 10.6. The van der Waals surface area contributed by atoms with Gasteiger partial charge >= 0.3 is 0 Å². The Hall–Kier alpha value is -3.25. The van der Waals surface area contributed by atoms with E-state index >= 15 is 0 Å². The van der Waals surface area contributed by atoms with Crippen molar-refractivity contribution in [1.29, 1.82) is 0 Å². The number of aromatic amines is 1. The summed E-state index contributed by atoms with van der Waals surface area (Å²) < 4.78 is 0. The topological polar surface area (TPSA) is 70.7 Å². The second-order valence-corrected chi connectivity index (χ2v) is 6.78. The van der Waals surface area contributed by atoms with Crippen molar-refractivity contribution < 1.29 is 4.79 Å². The average Bonchev–Trinajstić information content (AvgIpc) is 3.36. The fraction of sp³-hybridized carbons (Fsp3) is 0.0500. The van der Waals surface area contributed by atoms with Crippen LogP contribution >= 0.6 is 11.3 Å². The first-order valence-corrected chi connectivity index (χ1v) is 9.04. The Bertz CT molecular complexity index is 992. The third-order valence-electron chi connectivity index (χ3n) is 3.97. The van der Waals surface area contributed by atoms with Crippen molar-refractivity contribution in [2.45, 2.75) is 6.42 Å². The van der Waals surface area contributed by atoms with Crippen molar-refractivity contribution in [2.75, 3.05) is 5.32 Å². The van der Waals surface area contributed by atoms with E-state index in [0.717, 1.165) is 22.7 Å². The van der Waals surface area contributed by atoms with Crippen LogP contribution in [0.2, 0.25) is 0 Å². The largest absolute Gasteiger partial charge is 0.321 e. The first-order valence-electron chi connectivity index (χ1n) is 8.16. The van der Waals surface area contributed by atoms with Gasteiger partial charge in [0.2, 0.25) is 0 Å². The Morgan fingerprint density at radius 3 is 2.54 bits per heavy atom. The van der Waals surface area contributed by atoms with Crippen LogP contribution in [-0.2, 0) is 6.42 Å². The molecular weight excluding hydrogens is 344 g/mol. The van der Waals surface area contributed by atoms with Crippen molar-refractivity contribution in [3.05, 3.63) is 89.2 Å². The number of aromatic nitrogens is 3. The average molecular weight is 360 g/mol. The minimum atomic E-state index is -0.231. The van der Waals surface area contributed by atoms with Gasteiger partial charge in [0.05, 0.1) is 10.6 Å². The summed E-state index contributed by atoms with van der Waals surface area (Å²) in [6.07, 6.45) is 4.41. The second-order valence-electron chi connectivity index (χ2n) is 5.83. The molecule has 2 N–H and O–H groups in total. The van der Waals surface area contributed by atoms with Crippen molar-refractivity contribution >= 4 is 22.9 Å². The molecule has 0 spiro atoms. The Balaban J connectivity index is 1.41. The predicted molar refractivity (Wildman–Crippen MR) is 103 cm³/mol. The SMILES string of the molecule is O=C(Nc1ccc(Cc2ccncc2)cc1)c1cc(-c2cccs2)[nH]n1. The van der Waals surface area contributed by atoms with Gasteiger partial charge in [-0.3, -0.25) is 14.9 Å². The highest BCUT2D eigenvalue weighted by atomic mass is 32.1. The smallest absolute Gasteiger partial charge is 0.276 e. The van der Waals surface area contributed by atoms with Gasteiger partial charge in [-0.05, 0) is 59.3 Å². The number of nitrogens with one attached hydrogen (secondary N) is 2. The van der Waals surface area contributed by atoms with Crippen LogP contribution in [0.3, 0.4) is 0 Å². The number of hydrogen-bond acceptors (Lipinski definition) is 4. The molecule has 0 bridgehead atoms. The molecule has 0 aliphatic heterocycles. The molecule has 4 aromatic rings. The lowest BCUT2D eigenvalue weighted by molar-refractivity contribution is 0.102. The van der Waals surface area contributed by atoms with Crippen LogP contribution in [0.5, 0.6) is 0 Å². The molecule has 128 valence electrons. The van der Waals surface area contributed by atoms with E-state index in [0.29, 0.717) is 5.69 Å². The zero-order valence-electron chi connectivity index (χ0n) is 13.8. The molecule has 0 aliphatic rings. The van der Waals surface area contributed by atoms with E-state index in [-0.39, 0.29) is 5.91 Å². The number of thiophene rings is 1. The van der Waals surface area contributed by atoms with Crippen LogP contribution in [-0.4, -0.2) is 21.1 Å². The zero-order chi connectivity index (χ0) is 17.8. The molecule has 5 nitrogen and oxygen atoms in total. The van der Waals surface area contributed by atoms with Gasteiger partial charge in [-0.1, -0.05) is 18.2 Å². The summed E-state index contributed by atoms with van der Waals surface area (Å²) in [5.41, 5.74) is 4.34. The molecule has 0 unspecified atom stereocenters. The van der Waals surface area contributed by atoms with Gasteiger partial charge in [0.15, 0.2) is 5.69 Å². The standard InChI is InChI=1S/C20H16N4OS/c25-20(18-13-17(23-24-18)19-2-1-11-26-19)22-16-5-3-14(4-6-16)12-15-7-9-21-10-8-15/h1-11,13H,12H2,(H,22,25)(H,23,24). The fourth-order valence-electron chi connectivity index (χ4n) is 2.63. The lowest BCUT2D eigenvalue weighted by Crippen LogP contribution is -2.12. The summed E-state index contributed by atoms with van der Waals surface area (Å²) in [5.74, 6) is -0.231. The van der Waals surface area contributed by atoms with Gasteiger partial charge in [0, 0.05) is 18.1 Å². The highest BCUT2D eigenvalue weighted by Gasteiger charge is 2.12. The molecule has 0 radical (unpaired) electrons. The molecule has 6 heteroatoms. The van der Waals surface area contributed by atoms with E-state index in [1.165, 1.54) is 11.1 Å². The van der Waals surface area contributed by atoms with Crippen LogP contribution in [0, 0.1) is 0 Å². The van der Waals surface area contributed by atoms with E-state index < -0.39 is 0 Å². The van der Waals surface area contributed by atoms with Gasteiger partial charge in [-0.2, -0.15) is 5.10 Å².